The summed E-state index contributed by atoms with van der Waals surface area (Å²) in [5, 5.41) is 0. The number of aryl methyl sites for hydroxylation is 2. The van der Waals surface area contributed by atoms with Crippen molar-refractivity contribution in [1.82, 2.24) is 14.5 Å². The fraction of sp³-hybridized carbons (Fsp3) is 0.429. The van der Waals surface area contributed by atoms with Gasteiger partial charge in [-0.1, -0.05) is 69.2 Å². The van der Waals surface area contributed by atoms with Crippen LogP contribution < -0.4 is 9.64 Å². The van der Waals surface area contributed by atoms with Crippen LogP contribution in [0.2, 0.25) is 0 Å². The Balaban J connectivity index is 1.64. The second kappa shape index (κ2) is 13.8. The molecule has 0 saturated carbocycles. The molecule has 2 heterocycles. The van der Waals surface area contributed by atoms with Gasteiger partial charge in [0.1, 0.15) is 22.7 Å². The molecule has 1 amide bonds. The number of amides is 1. The first-order valence-electron chi connectivity index (χ1n) is 15.2. The normalized spacial score (nSPS) is 11.5. The van der Waals surface area contributed by atoms with Gasteiger partial charge >= 0.3 is 6.16 Å². The smallest absolute Gasteiger partial charge is 0.428 e. The van der Waals surface area contributed by atoms with E-state index in [2.05, 4.69) is 30.5 Å². The zero-order valence-electron chi connectivity index (χ0n) is 26.6. The Labute approximate surface area is 255 Å². The lowest BCUT2D eigenvalue weighted by Crippen LogP contribution is -2.30. The van der Waals surface area contributed by atoms with Crippen LogP contribution in [-0.2, 0) is 22.5 Å². The zero-order valence-corrected chi connectivity index (χ0v) is 26.6. The fourth-order valence-corrected chi connectivity index (χ4v) is 5.03. The predicted octanol–water partition coefficient (Wildman–Crippen LogP) is 8.26. The van der Waals surface area contributed by atoms with Crippen LogP contribution in [0.15, 0.2) is 54.6 Å². The number of hydrogen-bond donors (Lipinski definition) is 0. The number of aromatic nitrogens is 3. The molecule has 8 nitrogen and oxygen atoms in total. The van der Waals surface area contributed by atoms with Crippen molar-refractivity contribution in [2.75, 3.05) is 11.4 Å². The number of carbonyl (C=O) groups is 2. The Morgan fingerprint density at radius 3 is 2.30 bits per heavy atom. The van der Waals surface area contributed by atoms with Crippen LogP contribution in [0.4, 0.5) is 10.5 Å². The van der Waals surface area contributed by atoms with Crippen LogP contribution in [0.5, 0.6) is 5.75 Å². The Bertz CT molecular complexity index is 1570. The summed E-state index contributed by atoms with van der Waals surface area (Å²) in [6, 6.07) is 17.7. The highest BCUT2D eigenvalue weighted by Crippen LogP contribution is 2.31. The summed E-state index contributed by atoms with van der Waals surface area (Å²) in [7, 11) is 0. The first-order chi connectivity index (χ1) is 20.5. The highest BCUT2D eigenvalue weighted by Gasteiger charge is 2.21. The third-order valence-corrected chi connectivity index (χ3v) is 7.20. The molecule has 0 radical (unpaired) electrons. The first-order valence-corrected chi connectivity index (χ1v) is 15.2. The van der Waals surface area contributed by atoms with Crippen LogP contribution in [-0.4, -0.2) is 38.7 Å². The van der Waals surface area contributed by atoms with Crippen molar-refractivity contribution in [3.05, 3.63) is 71.7 Å². The number of benzene rings is 2. The molecule has 8 heteroatoms. The highest BCUT2D eigenvalue weighted by atomic mass is 16.7. The number of carbonyl (C=O) groups excluding carboxylic acids is 2. The summed E-state index contributed by atoms with van der Waals surface area (Å²) >= 11 is 0. The Hall–Kier alpha value is -4.20. The maximum absolute atomic E-state index is 12.5. The maximum Gasteiger partial charge on any atom is 0.514 e. The summed E-state index contributed by atoms with van der Waals surface area (Å²) in [4.78, 5) is 36.6. The van der Waals surface area contributed by atoms with E-state index in [-0.39, 0.29) is 5.91 Å². The van der Waals surface area contributed by atoms with E-state index in [0.717, 1.165) is 77.2 Å². The number of rotatable bonds is 11. The molecular weight excluding hydrogens is 540 g/mol. The molecule has 0 aliphatic carbocycles. The lowest BCUT2D eigenvalue weighted by atomic mass is 10.0. The molecule has 0 spiro atoms. The van der Waals surface area contributed by atoms with Crippen molar-refractivity contribution >= 4 is 28.9 Å². The largest absolute Gasteiger partial charge is 0.514 e. The molecule has 0 atom stereocenters. The van der Waals surface area contributed by atoms with Crippen molar-refractivity contribution in [3.63, 3.8) is 0 Å². The van der Waals surface area contributed by atoms with Gasteiger partial charge in [-0.3, -0.25) is 4.79 Å². The molecule has 0 saturated heterocycles. The van der Waals surface area contributed by atoms with Crippen molar-refractivity contribution in [3.8, 4) is 16.9 Å². The van der Waals surface area contributed by atoms with Gasteiger partial charge in [0, 0.05) is 25.5 Å². The van der Waals surface area contributed by atoms with E-state index in [0.29, 0.717) is 18.8 Å². The van der Waals surface area contributed by atoms with Gasteiger partial charge in [-0.15, -0.1) is 0 Å². The van der Waals surface area contributed by atoms with E-state index in [9.17, 15) is 9.59 Å². The van der Waals surface area contributed by atoms with E-state index in [1.54, 1.807) is 33.8 Å². The molecule has 228 valence electrons. The summed E-state index contributed by atoms with van der Waals surface area (Å²) in [5.41, 5.74) is 5.47. The van der Waals surface area contributed by atoms with E-state index in [1.165, 1.54) is 0 Å². The van der Waals surface area contributed by atoms with Gasteiger partial charge in [-0.2, -0.15) is 0 Å². The molecule has 2 aromatic heterocycles. The van der Waals surface area contributed by atoms with Crippen LogP contribution in [0.25, 0.3) is 22.3 Å². The van der Waals surface area contributed by atoms with Crippen LogP contribution in [0, 0.1) is 6.92 Å². The van der Waals surface area contributed by atoms with Gasteiger partial charge in [-0.25, -0.2) is 14.8 Å². The lowest BCUT2D eigenvalue weighted by Gasteiger charge is -2.22. The number of ether oxygens (including phenoxy) is 2. The maximum atomic E-state index is 12.5. The molecule has 0 aliphatic heterocycles. The van der Waals surface area contributed by atoms with Crippen molar-refractivity contribution < 1.29 is 19.1 Å². The minimum atomic E-state index is -0.731. The summed E-state index contributed by atoms with van der Waals surface area (Å²) < 4.78 is 13.1. The van der Waals surface area contributed by atoms with Crippen LogP contribution >= 0.6 is 0 Å². The second-order valence-corrected chi connectivity index (χ2v) is 11.9. The standard InChI is InChI=1S/C35H44N4O4/c1-8-10-16-32-37-29-22-30(38(25(4)40)21-11-9-2)24(3)36-33(29)39(32)23-26-17-19-27(20-18-26)28-14-12-13-15-31(28)42-34(41)43-35(5,6)7/h12-15,17-20,22H,8-11,16,21,23H2,1-7H3. The number of anilines is 1. The van der Waals surface area contributed by atoms with Gasteiger partial charge in [-0.05, 0) is 63.8 Å². The Kier molecular flexibility index (Phi) is 10.2. The molecular formula is C35H44N4O4. The SMILES string of the molecule is CCCCc1nc2cc(N(CCCC)C(C)=O)c(C)nc2n1Cc1ccc(-c2ccccc2OC(=O)OC(C)(C)C)cc1. The van der Waals surface area contributed by atoms with Gasteiger partial charge in [0.2, 0.25) is 5.91 Å². The third kappa shape index (κ3) is 8.00. The van der Waals surface area contributed by atoms with Gasteiger partial charge < -0.3 is 18.9 Å². The predicted molar refractivity (Wildman–Crippen MR) is 172 cm³/mol. The number of imidazole rings is 1. The molecule has 0 bridgehead atoms. The van der Waals surface area contributed by atoms with Crippen LogP contribution in [0.3, 0.4) is 0 Å². The minimum Gasteiger partial charge on any atom is -0.428 e. The molecule has 0 fully saturated rings. The quantitative estimate of drug-likeness (QED) is 0.130. The molecule has 43 heavy (non-hydrogen) atoms. The van der Waals surface area contributed by atoms with Crippen molar-refractivity contribution in [1.29, 1.82) is 0 Å². The van der Waals surface area contributed by atoms with E-state index in [1.807, 2.05) is 48.2 Å². The fourth-order valence-electron chi connectivity index (χ4n) is 5.03. The van der Waals surface area contributed by atoms with Gasteiger partial charge in [0.05, 0.1) is 17.9 Å². The Morgan fingerprint density at radius 2 is 1.65 bits per heavy atom. The number of pyridine rings is 1. The number of para-hydroxylation sites is 1. The molecule has 0 aliphatic rings. The van der Waals surface area contributed by atoms with Crippen LogP contribution in [0.1, 0.15) is 84.3 Å². The van der Waals surface area contributed by atoms with E-state index < -0.39 is 11.8 Å². The molecule has 0 unspecified atom stereocenters. The second-order valence-electron chi connectivity index (χ2n) is 11.9. The van der Waals surface area contributed by atoms with E-state index in [4.69, 9.17) is 19.4 Å². The minimum absolute atomic E-state index is 0.0153. The zero-order chi connectivity index (χ0) is 31.1. The third-order valence-electron chi connectivity index (χ3n) is 7.20. The summed E-state index contributed by atoms with van der Waals surface area (Å²) in [5.74, 6) is 1.45. The number of unbranched alkanes of at least 4 members (excludes halogenated alkanes) is 2. The van der Waals surface area contributed by atoms with Gasteiger partial charge in [0.25, 0.3) is 0 Å². The monoisotopic (exact) mass is 584 g/mol. The summed E-state index contributed by atoms with van der Waals surface area (Å²) in [6.07, 6.45) is 4.15. The first kappa shape index (κ1) is 31.7. The molecule has 0 N–H and O–H groups in total. The lowest BCUT2D eigenvalue weighted by molar-refractivity contribution is -0.116. The topological polar surface area (TPSA) is 86.5 Å². The highest BCUT2D eigenvalue weighted by molar-refractivity contribution is 5.94. The summed E-state index contributed by atoms with van der Waals surface area (Å²) in [6.45, 7) is 14.6. The number of nitrogens with zero attached hydrogens (tertiary/aromatic N) is 4. The van der Waals surface area contributed by atoms with Crippen molar-refractivity contribution in [2.45, 2.75) is 92.7 Å². The molecule has 4 rings (SSSR count). The van der Waals surface area contributed by atoms with Crippen molar-refractivity contribution in [2.24, 2.45) is 0 Å². The molecule has 4 aromatic rings. The average molecular weight is 585 g/mol. The number of hydrogen-bond acceptors (Lipinski definition) is 6. The molecule has 2 aromatic carbocycles. The number of fused-ring (bicyclic) bond motifs is 1. The average Bonchev–Trinajstić information content (AvgIpc) is 3.27. The Morgan fingerprint density at radius 1 is 0.953 bits per heavy atom. The van der Waals surface area contributed by atoms with E-state index >= 15 is 0 Å². The van der Waals surface area contributed by atoms with Gasteiger partial charge in [0.15, 0.2) is 5.65 Å².